The Labute approximate surface area is 142 Å². The number of likely N-dealkylation sites (tertiary alicyclic amines) is 1. The van der Waals surface area contributed by atoms with Crippen molar-refractivity contribution in [3.8, 4) is 5.75 Å². The molecule has 0 aliphatic carbocycles. The van der Waals surface area contributed by atoms with Crippen LogP contribution in [0.4, 0.5) is 0 Å². The first-order chi connectivity index (χ1) is 11.6. The van der Waals surface area contributed by atoms with Crippen LogP contribution in [0.1, 0.15) is 22.6 Å². The topological polar surface area (TPSA) is 49.8 Å². The first kappa shape index (κ1) is 16.5. The normalized spacial score (nSPS) is 20.9. The molecule has 0 amide bonds. The fraction of sp³-hybridized carbons (Fsp3) is 0.350. The Bertz CT molecular complexity index is 714. The summed E-state index contributed by atoms with van der Waals surface area (Å²) < 4.78 is 5.48. The monoisotopic (exact) mass is 325 g/mol. The maximum atomic E-state index is 11.8. The molecule has 2 atom stereocenters. The number of hydrogen-bond donors (Lipinski definition) is 1. The highest BCUT2D eigenvalue weighted by atomic mass is 16.5. The predicted molar refractivity (Wildman–Crippen MR) is 93.3 cm³/mol. The quantitative estimate of drug-likeness (QED) is 0.916. The van der Waals surface area contributed by atoms with Gasteiger partial charge in [-0.1, -0.05) is 48.0 Å². The number of methoxy groups -OCH3 is 1. The van der Waals surface area contributed by atoms with E-state index in [9.17, 15) is 9.90 Å². The summed E-state index contributed by atoms with van der Waals surface area (Å²) >= 11 is 0. The number of rotatable bonds is 5. The Hall–Kier alpha value is -2.33. The van der Waals surface area contributed by atoms with Gasteiger partial charge in [0.2, 0.25) is 0 Å². The summed E-state index contributed by atoms with van der Waals surface area (Å²) in [4.78, 5) is 14.0. The number of ether oxygens (including phenoxy) is 1. The second-order valence-corrected chi connectivity index (χ2v) is 6.48. The minimum absolute atomic E-state index is 0.0546. The van der Waals surface area contributed by atoms with Crippen LogP contribution >= 0.6 is 0 Å². The Morgan fingerprint density at radius 2 is 1.96 bits per heavy atom. The molecule has 1 aliphatic heterocycles. The van der Waals surface area contributed by atoms with E-state index < -0.39 is 11.9 Å². The molecular weight excluding hydrogens is 302 g/mol. The molecule has 1 aliphatic rings. The summed E-state index contributed by atoms with van der Waals surface area (Å²) in [6.45, 7) is 4.09. The van der Waals surface area contributed by atoms with Gasteiger partial charge in [-0.15, -0.1) is 0 Å². The van der Waals surface area contributed by atoms with Gasteiger partial charge in [0, 0.05) is 25.6 Å². The van der Waals surface area contributed by atoms with Crippen LogP contribution in [-0.4, -0.2) is 36.2 Å². The zero-order valence-electron chi connectivity index (χ0n) is 14.1. The van der Waals surface area contributed by atoms with Gasteiger partial charge in [0.1, 0.15) is 5.75 Å². The fourth-order valence-electron chi connectivity index (χ4n) is 3.56. The molecule has 0 bridgehead atoms. The number of aryl methyl sites for hydroxylation is 1. The van der Waals surface area contributed by atoms with Crippen LogP contribution in [0.3, 0.4) is 0 Å². The molecule has 0 spiro atoms. The largest absolute Gasteiger partial charge is 0.496 e. The molecule has 0 radical (unpaired) electrons. The number of benzene rings is 2. The van der Waals surface area contributed by atoms with Gasteiger partial charge in [-0.05, 0) is 24.1 Å². The van der Waals surface area contributed by atoms with Crippen molar-refractivity contribution in [3.05, 3.63) is 65.2 Å². The summed E-state index contributed by atoms with van der Waals surface area (Å²) in [5, 5.41) is 9.69. The highest BCUT2D eigenvalue weighted by Gasteiger charge is 2.39. The molecule has 1 heterocycles. The second-order valence-electron chi connectivity index (χ2n) is 6.48. The second kappa shape index (κ2) is 7.05. The third kappa shape index (κ3) is 3.44. The summed E-state index contributed by atoms with van der Waals surface area (Å²) in [7, 11) is 1.64. The standard InChI is InChI=1S/C20H23NO3/c1-14-8-9-19(24-2)16(10-14)17-12-21(13-18(17)20(22)23)11-15-6-4-3-5-7-15/h3-10,17-18H,11-13H2,1-2H3,(H,22,23)/t17-,18-/m0/s1. The zero-order chi connectivity index (χ0) is 17.1. The SMILES string of the molecule is COc1ccc(C)cc1[C@@H]1CN(Cc2ccccc2)C[C@@H]1C(=O)O. The molecule has 0 saturated carbocycles. The maximum absolute atomic E-state index is 11.8. The molecule has 1 saturated heterocycles. The lowest BCUT2D eigenvalue weighted by molar-refractivity contribution is -0.141. The number of aliphatic carboxylic acids is 1. The Morgan fingerprint density at radius 3 is 2.62 bits per heavy atom. The lowest BCUT2D eigenvalue weighted by Gasteiger charge is -2.19. The van der Waals surface area contributed by atoms with Crippen molar-refractivity contribution >= 4 is 5.97 Å². The molecule has 2 aromatic carbocycles. The Morgan fingerprint density at radius 1 is 1.21 bits per heavy atom. The lowest BCUT2D eigenvalue weighted by Crippen LogP contribution is -2.23. The van der Waals surface area contributed by atoms with E-state index in [1.54, 1.807) is 7.11 Å². The van der Waals surface area contributed by atoms with Crippen LogP contribution < -0.4 is 4.74 Å². The predicted octanol–water partition coefficient (Wildman–Crippen LogP) is 3.30. The Kier molecular flexibility index (Phi) is 4.86. The third-order valence-corrected chi connectivity index (χ3v) is 4.75. The average Bonchev–Trinajstić information content (AvgIpc) is 2.99. The summed E-state index contributed by atoms with van der Waals surface area (Å²) in [5.41, 5.74) is 3.33. The van der Waals surface area contributed by atoms with Gasteiger partial charge in [-0.25, -0.2) is 0 Å². The van der Waals surface area contributed by atoms with Crippen molar-refractivity contribution in [2.75, 3.05) is 20.2 Å². The first-order valence-corrected chi connectivity index (χ1v) is 8.22. The number of carboxylic acid groups (broad SMARTS) is 1. The van der Waals surface area contributed by atoms with E-state index in [2.05, 4.69) is 23.1 Å². The molecule has 3 rings (SSSR count). The van der Waals surface area contributed by atoms with Gasteiger partial charge in [0.05, 0.1) is 13.0 Å². The lowest BCUT2D eigenvalue weighted by atomic mass is 9.87. The molecule has 24 heavy (non-hydrogen) atoms. The maximum Gasteiger partial charge on any atom is 0.308 e. The molecule has 2 aromatic rings. The van der Waals surface area contributed by atoms with E-state index in [1.807, 2.05) is 37.3 Å². The van der Waals surface area contributed by atoms with Crippen LogP contribution in [0.25, 0.3) is 0 Å². The van der Waals surface area contributed by atoms with Gasteiger partial charge >= 0.3 is 5.97 Å². The molecule has 4 nitrogen and oxygen atoms in total. The molecule has 0 unspecified atom stereocenters. The van der Waals surface area contributed by atoms with Crippen molar-refractivity contribution in [3.63, 3.8) is 0 Å². The van der Waals surface area contributed by atoms with Crippen molar-refractivity contribution in [1.82, 2.24) is 4.90 Å². The third-order valence-electron chi connectivity index (χ3n) is 4.75. The smallest absolute Gasteiger partial charge is 0.308 e. The molecule has 126 valence electrons. The number of carbonyl (C=O) groups is 1. The number of carboxylic acids is 1. The minimum Gasteiger partial charge on any atom is -0.496 e. The van der Waals surface area contributed by atoms with Crippen molar-refractivity contribution in [2.45, 2.75) is 19.4 Å². The van der Waals surface area contributed by atoms with Crippen molar-refractivity contribution in [2.24, 2.45) is 5.92 Å². The zero-order valence-corrected chi connectivity index (χ0v) is 14.1. The average molecular weight is 325 g/mol. The Balaban J connectivity index is 1.86. The number of nitrogens with zero attached hydrogens (tertiary/aromatic N) is 1. The highest BCUT2D eigenvalue weighted by Crippen LogP contribution is 2.38. The molecule has 0 aromatic heterocycles. The minimum atomic E-state index is -0.737. The molecular formula is C20H23NO3. The highest BCUT2D eigenvalue weighted by molar-refractivity contribution is 5.72. The van der Waals surface area contributed by atoms with E-state index in [4.69, 9.17) is 4.74 Å². The van der Waals surface area contributed by atoms with E-state index in [0.717, 1.165) is 30.0 Å². The van der Waals surface area contributed by atoms with Gasteiger partial charge in [-0.3, -0.25) is 9.69 Å². The molecule has 1 fully saturated rings. The molecule has 1 N–H and O–H groups in total. The summed E-state index contributed by atoms with van der Waals surface area (Å²) in [6, 6.07) is 16.2. The first-order valence-electron chi connectivity index (χ1n) is 8.22. The van der Waals surface area contributed by atoms with Crippen molar-refractivity contribution < 1.29 is 14.6 Å². The fourth-order valence-corrected chi connectivity index (χ4v) is 3.56. The van der Waals surface area contributed by atoms with E-state index in [1.165, 1.54) is 5.56 Å². The van der Waals surface area contributed by atoms with E-state index in [0.29, 0.717) is 6.54 Å². The van der Waals surface area contributed by atoms with Gasteiger partial charge in [-0.2, -0.15) is 0 Å². The van der Waals surface area contributed by atoms with Crippen LogP contribution in [0.15, 0.2) is 48.5 Å². The summed E-state index contributed by atoms with van der Waals surface area (Å²) in [5.74, 6) is -0.428. The van der Waals surface area contributed by atoms with E-state index >= 15 is 0 Å². The van der Waals surface area contributed by atoms with Gasteiger partial charge < -0.3 is 9.84 Å². The van der Waals surface area contributed by atoms with Crippen molar-refractivity contribution in [1.29, 1.82) is 0 Å². The van der Waals surface area contributed by atoms with E-state index in [-0.39, 0.29) is 5.92 Å². The van der Waals surface area contributed by atoms with Crippen LogP contribution in [0.2, 0.25) is 0 Å². The number of hydrogen-bond acceptors (Lipinski definition) is 3. The molecule has 4 heteroatoms. The van der Waals surface area contributed by atoms with Crippen LogP contribution in [0, 0.1) is 12.8 Å². The van der Waals surface area contributed by atoms with Gasteiger partial charge in [0.25, 0.3) is 0 Å². The summed E-state index contributed by atoms with van der Waals surface area (Å²) in [6.07, 6.45) is 0. The van der Waals surface area contributed by atoms with Gasteiger partial charge in [0.15, 0.2) is 0 Å². The van der Waals surface area contributed by atoms with Crippen LogP contribution in [0.5, 0.6) is 5.75 Å². The van der Waals surface area contributed by atoms with Crippen LogP contribution in [-0.2, 0) is 11.3 Å².